The molecule has 1 aromatic carbocycles. The third kappa shape index (κ3) is 4.80. The molecule has 1 heterocycles. The Hall–Kier alpha value is -2.53. The number of hydrogen-bond acceptors (Lipinski definition) is 3. The molecule has 1 N–H and O–H groups in total. The molecule has 27 heavy (non-hydrogen) atoms. The van der Waals surface area contributed by atoms with E-state index in [2.05, 4.69) is 29.8 Å². The summed E-state index contributed by atoms with van der Waals surface area (Å²) in [6.07, 6.45) is 5.52. The van der Waals surface area contributed by atoms with E-state index in [0.717, 1.165) is 16.8 Å². The van der Waals surface area contributed by atoms with Crippen molar-refractivity contribution in [1.29, 1.82) is 0 Å². The first-order valence-electron chi connectivity index (χ1n) is 8.94. The lowest BCUT2D eigenvalue weighted by atomic mass is 10.2. The number of nitrogens with one attached hydrogen (secondary N) is 1. The number of benzene rings is 1. The van der Waals surface area contributed by atoms with E-state index in [1.165, 1.54) is 24.6 Å². The molecule has 6 heteroatoms. The van der Waals surface area contributed by atoms with Crippen molar-refractivity contribution >= 4 is 35.2 Å². The van der Waals surface area contributed by atoms with Gasteiger partial charge >= 0.3 is 5.97 Å². The maximum Gasteiger partial charge on any atom is 0.331 e. The van der Waals surface area contributed by atoms with Gasteiger partial charge in [-0.05, 0) is 69.0 Å². The minimum Gasteiger partial charge on any atom is -0.452 e. The highest BCUT2D eigenvalue weighted by Gasteiger charge is 2.26. The smallest absolute Gasteiger partial charge is 0.331 e. The van der Waals surface area contributed by atoms with Gasteiger partial charge in [0.15, 0.2) is 6.61 Å². The van der Waals surface area contributed by atoms with Crippen molar-refractivity contribution in [3.63, 3.8) is 0 Å². The van der Waals surface area contributed by atoms with Gasteiger partial charge in [0.25, 0.3) is 5.91 Å². The topological polar surface area (TPSA) is 60.3 Å². The third-order valence-corrected chi connectivity index (χ3v) is 4.89. The first-order chi connectivity index (χ1) is 12.8. The molecule has 5 nitrogen and oxygen atoms in total. The Bertz CT molecular complexity index is 910. The van der Waals surface area contributed by atoms with Gasteiger partial charge in [-0.1, -0.05) is 17.7 Å². The number of carbonyl (C=O) groups excluding carboxylic acids is 2. The average Bonchev–Trinajstić information content (AvgIpc) is 3.40. The number of ether oxygens (including phenoxy) is 1. The minimum absolute atomic E-state index is 0.351. The summed E-state index contributed by atoms with van der Waals surface area (Å²) in [5, 5.41) is 3.22. The van der Waals surface area contributed by atoms with Gasteiger partial charge in [0.05, 0.1) is 0 Å². The van der Waals surface area contributed by atoms with E-state index in [9.17, 15) is 9.59 Å². The van der Waals surface area contributed by atoms with Gasteiger partial charge in [-0.2, -0.15) is 0 Å². The van der Waals surface area contributed by atoms with E-state index in [1.54, 1.807) is 18.2 Å². The van der Waals surface area contributed by atoms with Crippen molar-refractivity contribution in [2.75, 3.05) is 11.9 Å². The molecule has 0 unspecified atom stereocenters. The molecule has 0 aliphatic heterocycles. The molecule has 142 valence electrons. The second-order valence-corrected chi connectivity index (χ2v) is 7.31. The summed E-state index contributed by atoms with van der Waals surface area (Å²) in [6.45, 7) is 5.63. The molecule has 1 saturated carbocycles. The summed E-state index contributed by atoms with van der Waals surface area (Å²) >= 11 is 5.93. The van der Waals surface area contributed by atoms with Crippen LogP contribution in [0.3, 0.4) is 0 Å². The highest BCUT2D eigenvalue weighted by atomic mass is 35.5. The molecule has 1 fully saturated rings. The molecular weight excluding hydrogens is 364 g/mol. The predicted octanol–water partition coefficient (Wildman–Crippen LogP) is 4.60. The van der Waals surface area contributed by atoms with Gasteiger partial charge < -0.3 is 14.6 Å². The van der Waals surface area contributed by atoms with Crippen molar-refractivity contribution in [2.45, 2.75) is 39.7 Å². The monoisotopic (exact) mass is 386 g/mol. The van der Waals surface area contributed by atoms with Crippen LogP contribution < -0.4 is 5.32 Å². The van der Waals surface area contributed by atoms with Crippen LogP contribution in [0.2, 0.25) is 5.02 Å². The number of anilines is 1. The second-order valence-electron chi connectivity index (χ2n) is 6.88. The lowest BCUT2D eigenvalue weighted by Gasteiger charge is -2.08. The predicted molar refractivity (Wildman–Crippen MR) is 107 cm³/mol. The molecular formula is C21H23ClN2O3. The number of esters is 1. The maximum atomic E-state index is 12.0. The van der Waals surface area contributed by atoms with Gasteiger partial charge in [0.1, 0.15) is 0 Å². The van der Waals surface area contributed by atoms with Crippen LogP contribution in [0.25, 0.3) is 6.08 Å². The Morgan fingerprint density at radius 1 is 1.26 bits per heavy atom. The van der Waals surface area contributed by atoms with E-state index >= 15 is 0 Å². The molecule has 0 atom stereocenters. The fraction of sp³-hybridized carbons (Fsp3) is 0.333. The number of hydrogen-bond donors (Lipinski definition) is 1. The van der Waals surface area contributed by atoms with E-state index in [-0.39, 0.29) is 6.61 Å². The zero-order chi connectivity index (χ0) is 19.6. The van der Waals surface area contributed by atoms with Crippen LogP contribution in [-0.4, -0.2) is 23.1 Å². The molecule has 0 bridgehead atoms. The number of carbonyl (C=O) groups is 2. The number of aryl methyl sites for hydroxylation is 2. The number of rotatable bonds is 6. The van der Waals surface area contributed by atoms with Crippen LogP contribution in [0.15, 0.2) is 30.3 Å². The Balaban J connectivity index is 1.53. The lowest BCUT2D eigenvalue weighted by molar-refractivity contribution is -0.142. The normalized spacial score (nSPS) is 13.8. The molecule has 1 aromatic heterocycles. The Morgan fingerprint density at radius 2 is 2.00 bits per heavy atom. The number of halogens is 1. The highest BCUT2D eigenvalue weighted by Crippen LogP contribution is 2.38. The Morgan fingerprint density at radius 3 is 2.70 bits per heavy atom. The minimum atomic E-state index is -0.552. The van der Waals surface area contributed by atoms with Crippen LogP contribution in [-0.2, 0) is 14.3 Å². The first-order valence-corrected chi connectivity index (χ1v) is 9.32. The third-order valence-electron chi connectivity index (χ3n) is 4.65. The Labute approximate surface area is 164 Å². The summed E-state index contributed by atoms with van der Waals surface area (Å²) in [7, 11) is 0. The molecule has 0 spiro atoms. The van der Waals surface area contributed by atoms with Gasteiger partial charge in [-0.3, -0.25) is 4.79 Å². The van der Waals surface area contributed by atoms with Gasteiger partial charge in [0.2, 0.25) is 0 Å². The molecule has 0 saturated heterocycles. The van der Waals surface area contributed by atoms with E-state index < -0.39 is 11.9 Å². The van der Waals surface area contributed by atoms with Crippen LogP contribution in [0.5, 0.6) is 0 Å². The zero-order valence-corrected chi connectivity index (χ0v) is 16.5. The fourth-order valence-electron chi connectivity index (χ4n) is 3.12. The van der Waals surface area contributed by atoms with Crippen LogP contribution in [0.4, 0.5) is 5.69 Å². The van der Waals surface area contributed by atoms with E-state index in [1.807, 2.05) is 13.0 Å². The van der Waals surface area contributed by atoms with Crippen molar-refractivity contribution in [2.24, 2.45) is 0 Å². The molecule has 1 aliphatic carbocycles. The van der Waals surface area contributed by atoms with Crippen LogP contribution in [0, 0.1) is 20.8 Å². The summed E-state index contributed by atoms with van der Waals surface area (Å²) < 4.78 is 7.34. The number of nitrogens with zero attached hydrogens (tertiary/aromatic N) is 1. The van der Waals surface area contributed by atoms with Crippen molar-refractivity contribution in [3.8, 4) is 0 Å². The summed E-state index contributed by atoms with van der Waals surface area (Å²) in [4.78, 5) is 23.9. The van der Waals surface area contributed by atoms with Crippen molar-refractivity contribution in [1.82, 2.24) is 4.57 Å². The highest BCUT2D eigenvalue weighted by molar-refractivity contribution is 6.31. The molecule has 3 rings (SSSR count). The number of amides is 1. The van der Waals surface area contributed by atoms with Crippen molar-refractivity contribution < 1.29 is 14.3 Å². The van der Waals surface area contributed by atoms with E-state index in [0.29, 0.717) is 16.8 Å². The summed E-state index contributed by atoms with van der Waals surface area (Å²) in [5.74, 6) is -0.960. The number of aromatic nitrogens is 1. The first kappa shape index (κ1) is 19.2. The van der Waals surface area contributed by atoms with Crippen LogP contribution in [0.1, 0.15) is 41.4 Å². The van der Waals surface area contributed by atoms with Gasteiger partial charge in [-0.15, -0.1) is 0 Å². The van der Waals surface area contributed by atoms with Crippen LogP contribution >= 0.6 is 11.6 Å². The van der Waals surface area contributed by atoms with E-state index in [4.69, 9.17) is 16.3 Å². The molecule has 0 radical (unpaired) electrons. The van der Waals surface area contributed by atoms with Gasteiger partial charge in [-0.25, -0.2) is 4.79 Å². The quantitative estimate of drug-likeness (QED) is 0.583. The maximum absolute atomic E-state index is 12.0. The largest absolute Gasteiger partial charge is 0.452 e. The Kier molecular flexibility index (Phi) is 5.71. The zero-order valence-electron chi connectivity index (χ0n) is 15.7. The molecule has 2 aromatic rings. The second kappa shape index (κ2) is 8.01. The average molecular weight is 387 g/mol. The molecule has 1 amide bonds. The fourth-order valence-corrected chi connectivity index (χ4v) is 3.30. The summed E-state index contributed by atoms with van der Waals surface area (Å²) in [5.41, 5.74) is 4.82. The lowest BCUT2D eigenvalue weighted by Crippen LogP contribution is -2.20. The molecule has 1 aliphatic rings. The van der Waals surface area contributed by atoms with Gasteiger partial charge in [0, 0.05) is 34.2 Å². The SMILES string of the molecule is Cc1ccc(Cl)cc1NC(=O)COC(=O)/C=C/c1cc(C)n(C2CC2)c1C. The van der Waals surface area contributed by atoms with Crippen molar-refractivity contribution in [3.05, 3.63) is 57.9 Å². The summed E-state index contributed by atoms with van der Waals surface area (Å²) in [6, 6.07) is 7.87. The standard InChI is InChI=1S/C21H23ClN2O3/c1-13-4-6-17(22)11-19(13)23-20(25)12-27-21(26)9-5-16-10-14(2)24(15(16)3)18-7-8-18/h4-6,9-11,18H,7-8,12H2,1-3H3,(H,23,25)/b9-5+.